The number of ether oxygens (including phenoxy) is 2. The quantitative estimate of drug-likeness (QED) is 0.185. The highest BCUT2D eigenvalue weighted by Crippen LogP contribution is 2.47. The molecule has 1 aliphatic heterocycles. The minimum Gasteiger partial charge on any atom is -0.462 e. The fourth-order valence-corrected chi connectivity index (χ4v) is 5.10. The molecule has 0 amide bonds. The minimum absolute atomic E-state index is 0.128. The SMILES string of the molecule is C#C[C@]1(CO[P@@](=O)(N[C@@H](C)C(=O)OC(C)C)Oc2ccccc2)O[C@@H](n2cc(C)c(=O)[nH]c2=O)C(O)C1O. The van der Waals surface area contributed by atoms with Gasteiger partial charge < -0.3 is 24.2 Å². The number of para-hydroxylation sites is 1. The number of aliphatic hydroxyl groups excluding tert-OH is 2. The predicted octanol–water partition coefficient (Wildman–Crippen LogP) is 0.601. The Hall–Kier alpha value is -3.24. The Labute approximate surface area is 218 Å². The molecule has 2 unspecified atom stereocenters. The molecule has 4 N–H and O–H groups in total. The topological polar surface area (TPSA) is 178 Å². The minimum atomic E-state index is -4.40. The van der Waals surface area contributed by atoms with Crippen molar-refractivity contribution in [2.75, 3.05) is 6.61 Å². The standard InChI is InChI=1S/C24H30N3O10P/c1-6-24(19(29)18(28)21(36-24)27-12-15(4)20(30)25-23(27)32)13-34-38(33,37-17-10-8-7-9-11-17)26-16(5)22(31)35-14(2)3/h1,7-12,14,16,18-19,21,28-29H,13H2,2-5H3,(H,26,33)(H,25,30,32)/t16-,18?,19?,21+,24+,38-/m0/s1. The van der Waals surface area contributed by atoms with Crippen LogP contribution in [0.5, 0.6) is 5.75 Å². The highest BCUT2D eigenvalue weighted by Gasteiger charge is 2.56. The van der Waals surface area contributed by atoms with Gasteiger partial charge in [0.05, 0.1) is 6.10 Å². The molecule has 6 atom stereocenters. The van der Waals surface area contributed by atoms with Crippen LogP contribution in [0.1, 0.15) is 32.6 Å². The van der Waals surface area contributed by atoms with Crippen molar-refractivity contribution in [2.45, 2.75) is 63.9 Å². The van der Waals surface area contributed by atoms with Gasteiger partial charge in [-0.25, -0.2) is 9.36 Å². The van der Waals surface area contributed by atoms with E-state index in [1.54, 1.807) is 32.0 Å². The molecule has 38 heavy (non-hydrogen) atoms. The third-order valence-corrected chi connectivity index (χ3v) is 7.19. The lowest BCUT2D eigenvalue weighted by Crippen LogP contribution is -2.46. The van der Waals surface area contributed by atoms with Crippen molar-refractivity contribution >= 4 is 13.7 Å². The normalized spacial score (nSPS) is 25.4. The van der Waals surface area contributed by atoms with E-state index in [2.05, 4.69) is 16.0 Å². The lowest BCUT2D eigenvalue weighted by molar-refractivity contribution is -0.149. The van der Waals surface area contributed by atoms with Gasteiger partial charge in [-0.05, 0) is 39.8 Å². The van der Waals surface area contributed by atoms with Crippen molar-refractivity contribution in [3.05, 3.63) is 62.9 Å². The van der Waals surface area contributed by atoms with Crippen molar-refractivity contribution in [1.29, 1.82) is 0 Å². The molecule has 14 heteroatoms. The number of carbonyl (C=O) groups excluding carboxylic acids is 1. The molecule has 2 aromatic rings. The van der Waals surface area contributed by atoms with E-state index >= 15 is 0 Å². The molecule has 3 rings (SSSR count). The van der Waals surface area contributed by atoms with Gasteiger partial charge in [0, 0.05) is 11.8 Å². The fourth-order valence-electron chi connectivity index (χ4n) is 3.58. The number of esters is 1. The molecular weight excluding hydrogens is 521 g/mol. The Kier molecular flexibility index (Phi) is 8.99. The smallest absolute Gasteiger partial charge is 0.459 e. The fraction of sp³-hybridized carbons (Fsp3) is 0.458. The molecular formula is C24H30N3O10P. The Bertz CT molecular complexity index is 1350. The highest BCUT2D eigenvalue weighted by atomic mass is 31.2. The summed E-state index contributed by atoms with van der Waals surface area (Å²) in [6.45, 7) is 5.32. The number of nitrogens with zero attached hydrogens (tertiary/aromatic N) is 1. The number of aryl methyl sites for hydroxylation is 1. The van der Waals surface area contributed by atoms with Gasteiger partial charge in [0.1, 0.15) is 30.6 Å². The van der Waals surface area contributed by atoms with E-state index in [9.17, 15) is 29.2 Å². The lowest BCUT2D eigenvalue weighted by Gasteiger charge is -2.29. The second-order valence-electron chi connectivity index (χ2n) is 8.97. The lowest BCUT2D eigenvalue weighted by atomic mass is 9.97. The number of terminal acetylenes is 1. The highest BCUT2D eigenvalue weighted by molar-refractivity contribution is 7.52. The zero-order valence-electron chi connectivity index (χ0n) is 21.2. The van der Waals surface area contributed by atoms with Crippen LogP contribution >= 0.6 is 7.75 Å². The maximum Gasteiger partial charge on any atom is 0.459 e. The molecule has 2 heterocycles. The van der Waals surface area contributed by atoms with Crippen molar-refractivity contribution in [1.82, 2.24) is 14.6 Å². The van der Waals surface area contributed by atoms with Gasteiger partial charge in [0.2, 0.25) is 0 Å². The second-order valence-corrected chi connectivity index (χ2v) is 10.7. The summed E-state index contributed by atoms with van der Waals surface area (Å²) < 4.78 is 36.6. The van der Waals surface area contributed by atoms with Crippen molar-refractivity contribution in [2.24, 2.45) is 0 Å². The van der Waals surface area contributed by atoms with E-state index < -0.39 is 67.8 Å². The molecule has 0 radical (unpaired) electrons. The van der Waals surface area contributed by atoms with Gasteiger partial charge in [0.15, 0.2) is 11.8 Å². The zero-order chi connectivity index (χ0) is 28.3. The molecule has 0 aliphatic carbocycles. The maximum absolute atomic E-state index is 13.7. The summed E-state index contributed by atoms with van der Waals surface area (Å²) in [6.07, 6.45) is 1.28. The Morgan fingerprint density at radius 1 is 1.29 bits per heavy atom. The molecule has 0 bridgehead atoms. The van der Waals surface area contributed by atoms with E-state index in [1.165, 1.54) is 26.0 Å². The first-order valence-corrected chi connectivity index (χ1v) is 13.2. The Morgan fingerprint density at radius 2 is 1.95 bits per heavy atom. The number of rotatable bonds is 10. The number of hydrogen-bond acceptors (Lipinski definition) is 10. The van der Waals surface area contributed by atoms with Crippen LogP contribution in [0.25, 0.3) is 0 Å². The van der Waals surface area contributed by atoms with Crippen molar-refractivity contribution in [3.63, 3.8) is 0 Å². The summed E-state index contributed by atoms with van der Waals surface area (Å²) in [4.78, 5) is 38.5. The van der Waals surface area contributed by atoms with E-state index in [4.69, 9.17) is 24.9 Å². The van der Waals surface area contributed by atoms with Gasteiger partial charge in [-0.15, -0.1) is 6.42 Å². The van der Waals surface area contributed by atoms with E-state index in [0.29, 0.717) is 0 Å². The molecule has 1 aromatic carbocycles. The van der Waals surface area contributed by atoms with Gasteiger partial charge >= 0.3 is 19.4 Å². The van der Waals surface area contributed by atoms with E-state index in [0.717, 1.165) is 10.8 Å². The average Bonchev–Trinajstić information content (AvgIpc) is 3.11. The van der Waals surface area contributed by atoms with Crippen LogP contribution in [-0.2, 0) is 23.4 Å². The molecule has 1 aliphatic rings. The van der Waals surface area contributed by atoms with Gasteiger partial charge in [0.25, 0.3) is 5.56 Å². The first-order valence-electron chi connectivity index (χ1n) is 11.6. The molecule has 13 nitrogen and oxygen atoms in total. The zero-order valence-corrected chi connectivity index (χ0v) is 22.1. The number of carbonyl (C=O) groups is 1. The molecule has 1 fully saturated rings. The first kappa shape index (κ1) is 29.3. The maximum atomic E-state index is 13.7. The molecule has 0 saturated carbocycles. The van der Waals surface area contributed by atoms with Gasteiger partial charge in [-0.3, -0.25) is 23.7 Å². The first-order chi connectivity index (χ1) is 17.8. The molecule has 1 saturated heterocycles. The van der Waals surface area contributed by atoms with E-state index in [-0.39, 0.29) is 11.3 Å². The summed E-state index contributed by atoms with van der Waals surface area (Å²) >= 11 is 0. The third-order valence-electron chi connectivity index (χ3n) is 5.56. The number of nitrogens with one attached hydrogen (secondary N) is 2. The number of benzene rings is 1. The van der Waals surface area contributed by atoms with Gasteiger partial charge in [-0.2, -0.15) is 5.09 Å². The average molecular weight is 551 g/mol. The van der Waals surface area contributed by atoms with Crippen LogP contribution in [0, 0.1) is 19.3 Å². The summed E-state index contributed by atoms with van der Waals surface area (Å²) in [5.41, 5.74) is -3.52. The Balaban J connectivity index is 1.89. The van der Waals surface area contributed by atoms with Crippen LogP contribution in [0.2, 0.25) is 0 Å². The molecule has 1 aromatic heterocycles. The van der Waals surface area contributed by atoms with Crippen molar-refractivity contribution < 1.29 is 38.1 Å². The summed E-state index contributed by atoms with van der Waals surface area (Å²) in [5, 5.41) is 24.0. The van der Waals surface area contributed by atoms with Gasteiger partial charge in [-0.1, -0.05) is 24.1 Å². The molecule has 206 valence electrons. The van der Waals surface area contributed by atoms with Crippen LogP contribution in [0.15, 0.2) is 46.1 Å². The summed E-state index contributed by atoms with van der Waals surface area (Å²) in [5.74, 6) is 1.60. The van der Waals surface area contributed by atoms with E-state index in [1.807, 2.05) is 0 Å². The summed E-state index contributed by atoms with van der Waals surface area (Å²) in [6, 6.07) is 6.78. The largest absolute Gasteiger partial charge is 0.462 e. The third kappa shape index (κ3) is 6.42. The summed E-state index contributed by atoms with van der Waals surface area (Å²) in [7, 11) is -4.40. The van der Waals surface area contributed by atoms with Crippen LogP contribution in [0.4, 0.5) is 0 Å². The number of aromatic amines is 1. The number of hydrogen-bond donors (Lipinski definition) is 4. The van der Waals surface area contributed by atoms with Crippen LogP contribution in [0.3, 0.4) is 0 Å². The van der Waals surface area contributed by atoms with Crippen LogP contribution in [-0.4, -0.2) is 62.3 Å². The number of aromatic nitrogens is 2. The number of H-pyrrole nitrogens is 1. The Morgan fingerprint density at radius 3 is 2.55 bits per heavy atom. The number of aliphatic hydroxyl groups is 2. The predicted molar refractivity (Wildman–Crippen MR) is 134 cm³/mol. The molecule has 0 spiro atoms. The monoisotopic (exact) mass is 551 g/mol. The van der Waals surface area contributed by atoms with Crippen LogP contribution < -0.4 is 20.9 Å². The van der Waals surface area contributed by atoms with Crippen molar-refractivity contribution in [3.8, 4) is 18.1 Å². The second kappa shape index (κ2) is 11.7.